The molecule has 4 rings (SSSR count). The summed E-state index contributed by atoms with van der Waals surface area (Å²) in [5.74, 6) is -0.271. The second kappa shape index (κ2) is 8.51. The third-order valence-electron chi connectivity index (χ3n) is 6.24. The fourth-order valence-corrected chi connectivity index (χ4v) is 4.74. The molecule has 0 radical (unpaired) electrons. The van der Waals surface area contributed by atoms with Gasteiger partial charge in [0.05, 0.1) is 18.8 Å². The topological polar surface area (TPSA) is 45.1 Å². The minimum atomic E-state index is -4.36. The predicted molar refractivity (Wildman–Crippen MR) is 107 cm³/mol. The van der Waals surface area contributed by atoms with Gasteiger partial charge in [-0.05, 0) is 48.0 Å². The lowest BCUT2D eigenvalue weighted by Crippen LogP contribution is -2.43. The van der Waals surface area contributed by atoms with E-state index in [0.29, 0.717) is 50.5 Å². The Balaban J connectivity index is 1.40. The Labute approximate surface area is 174 Å². The first-order chi connectivity index (χ1) is 14.4. The first kappa shape index (κ1) is 21.1. The maximum atomic E-state index is 13.3. The number of hydrogen-bond donors (Lipinski definition) is 0. The number of likely N-dealkylation sites (tertiary alicyclic amines) is 1. The van der Waals surface area contributed by atoms with Crippen LogP contribution in [-0.4, -0.2) is 68.0 Å². The number of amides is 1. The number of carbonyl (C=O) groups is 1. The average molecular weight is 421 g/mol. The molecule has 8 heteroatoms. The molecule has 0 aromatic heterocycles. The van der Waals surface area contributed by atoms with Crippen molar-refractivity contribution in [2.75, 3.05) is 46.6 Å². The number of hydrogen-bond acceptors (Lipinski definition) is 4. The quantitative estimate of drug-likeness (QED) is 0.748. The summed E-state index contributed by atoms with van der Waals surface area (Å²) in [4.78, 5) is 21.5. The summed E-state index contributed by atoms with van der Waals surface area (Å²) in [6.07, 6.45) is -2.53. The van der Waals surface area contributed by atoms with Gasteiger partial charge < -0.3 is 9.64 Å². The Hall–Kier alpha value is -2.19. The maximum absolute atomic E-state index is 13.3. The average Bonchev–Trinajstić information content (AvgIpc) is 3.16. The van der Waals surface area contributed by atoms with E-state index in [1.165, 1.54) is 11.6 Å². The smallest absolute Gasteiger partial charge is 0.369 e. The highest BCUT2D eigenvalue weighted by Crippen LogP contribution is 2.39. The van der Waals surface area contributed by atoms with Gasteiger partial charge in [-0.15, -0.1) is 0 Å². The monoisotopic (exact) mass is 421 g/mol. The summed E-state index contributed by atoms with van der Waals surface area (Å²) in [6.45, 7) is 3.61. The number of nitrogens with zero attached hydrogens (tertiary/aromatic N) is 3. The van der Waals surface area contributed by atoms with E-state index in [1.807, 2.05) is 0 Å². The van der Waals surface area contributed by atoms with E-state index in [1.54, 1.807) is 24.1 Å². The molecule has 0 N–H and O–H groups in total. The normalized spacial score (nSPS) is 21.1. The van der Waals surface area contributed by atoms with Crippen LogP contribution in [0.1, 0.15) is 36.3 Å². The van der Waals surface area contributed by atoms with Gasteiger partial charge in [0.2, 0.25) is 0 Å². The van der Waals surface area contributed by atoms with Gasteiger partial charge in [-0.3, -0.25) is 14.7 Å². The summed E-state index contributed by atoms with van der Waals surface area (Å²) >= 11 is 0. The molecule has 3 aliphatic heterocycles. The summed E-state index contributed by atoms with van der Waals surface area (Å²) in [5, 5.41) is 0. The lowest BCUT2D eigenvalue weighted by atomic mass is 9.86. The van der Waals surface area contributed by atoms with Crippen LogP contribution >= 0.6 is 0 Å². The summed E-state index contributed by atoms with van der Waals surface area (Å²) in [6, 6.07) is 5.78. The van der Waals surface area contributed by atoms with Crippen molar-refractivity contribution in [2.45, 2.75) is 31.4 Å². The number of carbonyl (C=O) groups excluding carboxylic acids is 1. The number of methoxy groups -OCH3 is 1. The second-order valence-corrected chi connectivity index (χ2v) is 8.12. The number of aliphatic imine (C=N–C) groups is 1. The third kappa shape index (κ3) is 4.16. The Morgan fingerprint density at radius 2 is 1.93 bits per heavy atom. The number of alkyl halides is 3. The molecular formula is C22H26F3N3O2. The standard InChI is InChI=1S/C22H26F3N3O2/c1-30-14-27-9-8-18-16(13-27)12-26-20(18)21(29)28-10-6-15(7-11-28)17-4-2-3-5-19(17)22(23,24)25/h2-5,15H,6-14H2,1H3. The molecule has 0 spiro atoms. The number of rotatable bonds is 4. The summed E-state index contributed by atoms with van der Waals surface area (Å²) in [5.41, 5.74) is 2.56. The molecule has 5 nitrogen and oxygen atoms in total. The highest BCUT2D eigenvalue weighted by atomic mass is 19.4. The highest BCUT2D eigenvalue weighted by Gasteiger charge is 2.37. The van der Waals surface area contributed by atoms with Crippen LogP contribution in [-0.2, 0) is 15.7 Å². The SMILES string of the molecule is COCN1CCC2=C(CN=C2C(=O)N2CCC(c3ccccc3C(F)(F)F)CC2)C1. The first-order valence-corrected chi connectivity index (χ1v) is 10.3. The van der Waals surface area contributed by atoms with E-state index < -0.39 is 11.7 Å². The van der Waals surface area contributed by atoms with Crippen LogP contribution in [0.3, 0.4) is 0 Å². The zero-order valence-electron chi connectivity index (χ0n) is 17.0. The lowest BCUT2D eigenvalue weighted by molar-refractivity contribution is -0.138. The minimum Gasteiger partial charge on any atom is -0.369 e. The summed E-state index contributed by atoms with van der Waals surface area (Å²) in [7, 11) is 1.67. The Bertz CT molecular complexity index is 871. The van der Waals surface area contributed by atoms with Gasteiger partial charge in [-0.1, -0.05) is 18.2 Å². The largest absolute Gasteiger partial charge is 0.416 e. The Kier molecular flexibility index (Phi) is 5.97. The molecule has 30 heavy (non-hydrogen) atoms. The molecule has 162 valence electrons. The fraction of sp³-hybridized carbons (Fsp3) is 0.545. The molecular weight excluding hydrogens is 395 g/mol. The number of halogens is 3. The van der Waals surface area contributed by atoms with Crippen molar-refractivity contribution in [1.82, 2.24) is 9.80 Å². The minimum absolute atomic E-state index is 0.0808. The molecule has 3 heterocycles. The van der Waals surface area contributed by atoms with Crippen molar-refractivity contribution >= 4 is 11.6 Å². The first-order valence-electron chi connectivity index (χ1n) is 10.3. The van der Waals surface area contributed by atoms with Gasteiger partial charge in [0.15, 0.2) is 0 Å². The molecule has 0 saturated carbocycles. The Morgan fingerprint density at radius 1 is 1.20 bits per heavy atom. The third-order valence-corrected chi connectivity index (χ3v) is 6.24. The molecule has 0 atom stereocenters. The maximum Gasteiger partial charge on any atom is 0.416 e. The fourth-order valence-electron chi connectivity index (χ4n) is 4.74. The van der Waals surface area contributed by atoms with E-state index in [4.69, 9.17) is 4.74 Å². The molecule has 1 aromatic carbocycles. The predicted octanol–water partition coefficient (Wildman–Crippen LogP) is 3.47. The van der Waals surface area contributed by atoms with E-state index in [2.05, 4.69) is 9.89 Å². The van der Waals surface area contributed by atoms with E-state index in [-0.39, 0.29) is 11.8 Å². The van der Waals surface area contributed by atoms with Gasteiger partial charge in [0, 0.05) is 33.3 Å². The van der Waals surface area contributed by atoms with Crippen LogP contribution in [0, 0.1) is 0 Å². The van der Waals surface area contributed by atoms with Gasteiger partial charge in [-0.2, -0.15) is 13.2 Å². The van der Waals surface area contributed by atoms with Crippen LogP contribution in [0.15, 0.2) is 40.4 Å². The van der Waals surface area contributed by atoms with E-state index in [9.17, 15) is 18.0 Å². The van der Waals surface area contributed by atoms with Crippen molar-refractivity contribution < 1.29 is 22.7 Å². The van der Waals surface area contributed by atoms with Crippen molar-refractivity contribution in [3.63, 3.8) is 0 Å². The highest BCUT2D eigenvalue weighted by molar-refractivity contribution is 6.46. The molecule has 1 saturated heterocycles. The molecule has 0 aliphatic carbocycles. The van der Waals surface area contributed by atoms with Crippen molar-refractivity contribution in [3.05, 3.63) is 46.5 Å². The van der Waals surface area contributed by atoms with E-state index >= 15 is 0 Å². The second-order valence-electron chi connectivity index (χ2n) is 8.12. The molecule has 1 fully saturated rings. The zero-order valence-corrected chi connectivity index (χ0v) is 17.0. The van der Waals surface area contributed by atoms with Crippen LogP contribution in [0.5, 0.6) is 0 Å². The van der Waals surface area contributed by atoms with Crippen molar-refractivity contribution in [3.8, 4) is 0 Å². The van der Waals surface area contributed by atoms with Crippen molar-refractivity contribution in [1.29, 1.82) is 0 Å². The van der Waals surface area contributed by atoms with Gasteiger partial charge >= 0.3 is 6.18 Å². The van der Waals surface area contributed by atoms with Crippen LogP contribution in [0.4, 0.5) is 13.2 Å². The molecule has 3 aliphatic rings. The zero-order chi connectivity index (χ0) is 21.3. The number of benzene rings is 1. The molecule has 0 unspecified atom stereocenters. The van der Waals surface area contributed by atoms with E-state index in [0.717, 1.165) is 31.1 Å². The van der Waals surface area contributed by atoms with Crippen LogP contribution in [0.25, 0.3) is 0 Å². The number of ether oxygens (including phenoxy) is 1. The number of piperidine rings is 1. The summed E-state index contributed by atoms with van der Waals surface area (Å²) < 4.78 is 45.2. The lowest BCUT2D eigenvalue weighted by Gasteiger charge is -2.34. The molecule has 0 bridgehead atoms. The van der Waals surface area contributed by atoms with Gasteiger partial charge in [0.1, 0.15) is 5.71 Å². The molecule has 1 amide bonds. The Morgan fingerprint density at radius 3 is 2.63 bits per heavy atom. The van der Waals surface area contributed by atoms with Crippen molar-refractivity contribution in [2.24, 2.45) is 4.99 Å². The van der Waals surface area contributed by atoms with Gasteiger partial charge in [-0.25, -0.2) is 0 Å². The van der Waals surface area contributed by atoms with Gasteiger partial charge in [0.25, 0.3) is 5.91 Å². The molecule has 1 aromatic rings. The van der Waals surface area contributed by atoms with Crippen LogP contribution < -0.4 is 0 Å². The van der Waals surface area contributed by atoms with Crippen LogP contribution in [0.2, 0.25) is 0 Å².